The highest BCUT2D eigenvalue weighted by Gasteiger charge is 2.11. The minimum absolute atomic E-state index is 0.207. The van der Waals surface area contributed by atoms with E-state index in [-0.39, 0.29) is 6.04 Å². The normalized spacial score (nSPS) is 10.9. The largest absolute Gasteiger partial charge is 0.296 e. The summed E-state index contributed by atoms with van der Waals surface area (Å²) in [6.45, 7) is 4.02. The quantitative estimate of drug-likeness (QED) is 0.745. The van der Waals surface area contributed by atoms with Gasteiger partial charge < -0.3 is 0 Å². The van der Waals surface area contributed by atoms with Crippen LogP contribution >= 0.6 is 11.3 Å². The van der Waals surface area contributed by atoms with Crippen molar-refractivity contribution in [2.75, 3.05) is 0 Å². The molecule has 0 atom stereocenters. The van der Waals surface area contributed by atoms with E-state index in [1.54, 1.807) is 16.0 Å². The Morgan fingerprint density at radius 3 is 2.80 bits per heavy atom. The van der Waals surface area contributed by atoms with Crippen LogP contribution in [0.2, 0.25) is 0 Å². The summed E-state index contributed by atoms with van der Waals surface area (Å²) in [6, 6.07) is 6.03. The summed E-state index contributed by atoms with van der Waals surface area (Å²) >= 11 is 1.63. The summed E-state index contributed by atoms with van der Waals surface area (Å²) < 4.78 is 1.75. The molecular weight excluding hydrogens is 208 g/mol. The van der Waals surface area contributed by atoms with E-state index < -0.39 is 0 Å². The molecular formula is C11H12N2OS. The smallest absolute Gasteiger partial charge is 0.168 e. The standard InChI is InChI=1S/C11H12N2OS/c1-8(2)13-9(7-14)6-10(12-13)11-4-3-5-15-11/h3-8H,1-2H3. The lowest BCUT2D eigenvalue weighted by atomic mass is 10.3. The number of rotatable bonds is 3. The Morgan fingerprint density at radius 1 is 1.53 bits per heavy atom. The van der Waals surface area contributed by atoms with Crippen molar-refractivity contribution in [1.29, 1.82) is 0 Å². The fourth-order valence-electron chi connectivity index (χ4n) is 1.46. The molecule has 15 heavy (non-hydrogen) atoms. The molecule has 0 radical (unpaired) electrons. The summed E-state index contributed by atoms with van der Waals surface area (Å²) in [5.74, 6) is 0. The molecule has 0 amide bonds. The van der Waals surface area contributed by atoms with Crippen LogP contribution in [-0.2, 0) is 0 Å². The van der Waals surface area contributed by atoms with Crippen molar-refractivity contribution in [1.82, 2.24) is 9.78 Å². The number of aromatic nitrogens is 2. The third-order valence-corrected chi connectivity index (χ3v) is 3.04. The van der Waals surface area contributed by atoms with E-state index >= 15 is 0 Å². The molecule has 4 heteroatoms. The summed E-state index contributed by atoms with van der Waals surface area (Å²) in [6.07, 6.45) is 0.851. The van der Waals surface area contributed by atoms with E-state index in [0.717, 1.165) is 16.9 Å². The van der Waals surface area contributed by atoms with Crippen molar-refractivity contribution in [2.45, 2.75) is 19.9 Å². The molecule has 78 valence electrons. The summed E-state index contributed by atoms with van der Waals surface area (Å²) in [7, 11) is 0. The topological polar surface area (TPSA) is 34.9 Å². The minimum Gasteiger partial charge on any atom is -0.296 e. The van der Waals surface area contributed by atoms with E-state index in [4.69, 9.17) is 0 Å². The van der Waals surface area contributed by atoms with Gasteiger partial charge in [0, 0.05) is 6.04 Å². The van der Waals surface area contributed by atoms with Gasteiger partial charge in [0.1, 0.15) is 11.4 Å². The lowest BCUT2D eigenvalue weighted by molar-refractivity contribution is 0.111. The lowest BCUT2D eigenvalue weighted by Gasteiger charge is -2.05. The Labute approximate surface area is 92.4 Å². The number of hydrogen-bond acceptors (Lipinski definition) is 3. The zero-order chi connectivity index (χ0) is 10.8. The maximum atomic E-state index is 10.9. The van der Waals surface area contributed by atoms with Crippen LogP contribution in [0.4, 0.5) is 0 Å². The van der Waals surface area contributed by atoms with E-state index in [1.165, 1.54) is 0 Å². The van der Waals surface area contributed by atoms with Gasteiger partial charge in [-0.25, -0.2) is 0 Å². The van der Waals surface area contributed by atoms with Crippen LogP contribution < -0.4 is 0 Å². The summed E-state index contributed by atoms with van der Waals surface area (Å²) in [5.41, 5.74) is 1.51. The zero-order valence-electron chi connectivity index (χ0n) is 8.68. The predicted molar refractivity (Wildman–Crippen MR) is 61.3 cm³/mol. The third-order valence-electron chi connectivity index (χ3n) is 2.15. The predicted octanol–water partition coefficient (Wildman–Crippen LogP) is 3.01. The minimum atomic E-state index is 0.207. The average Bonchev–Trinajstić information content (AvgIpc) is 2.86. The van der Waals surface area contributed by atoms with Crippen molar-refractivity contribution in [3.8, 4) is 10.6 Å². The van der Waals surface area contributed by atoms with Crippen molar-refractivity contribution < 1.29 is 4.79 Å². The maximum Gasteiger partial charge on any atom is 0.168 e. The number of nitrogens with zero attached hydrogens (tertiary/aromatic N) is 2. The second-order valence-corrected chi connectivity index (χ2v) is 4.54. The molecule has 0 spiro atoms. The Hall–Kier alpha value is -1.42. The first-order valence-corrected chi connectivity index (χ1v) is 5.69. The first-order valence-electron chi connectivity index (χ1n) is 4.81. The number of hydrogen-bond donors (Lipinski definition) is 0. The SMILES string of the molecule is CC(C)n1nc(-c2cccs2)cc1C=O. The molecule has 0 saturated carbocycles. The molecule has 3 nitrogen and oxygen atoms in total. The average molecular weight is 220 g/mol. The van der Waals surface area contributed by atoms with Crippen molar-refractivity contribution >= 4 is 17.6 Å². The van der Waals surface area contributed by atoms with Crippen LogP contribution in [0.3, 0.4) is 0 Å². The Morgan fingerprint density at radius 2 is 2.33 bits per heavy atom. The fraction of sp³-hybridized carbons (Fsp3) is 0.273. The Bertz CT molecular complexity index is 457. The second-order valence-electron chi connectivity index (χ2n) is 3.59. The lowest BCUT2D eigenvalue weighted by Crippen LogP contribution is -2.06. The van der Waals surface area contributed by atoms with Crippen molar-refractivity contribution in [3.63, 3.8) is 0 Å². The Balaban J connectivity index is 2.48. The first-order chi connectivity index (χ1) is 7.22. The highest BCUT2D eigenvalue weighted by atomic mass is 32.1. The van der Waals surface area contributed by atoms with Gasteiger partial charge in [-0.3, -0.25) is 9.48 Å². The molecule has 0 fully saturated rings. The van der Waals surface area contributed by atoms with Crippen LogP contribution in [0, 0.1) is 0 Å². The highest BCUT2D eigenvalue weighted by Crippen LogP contribution is 2.24. The molecule has 0 aliphatic heterocycles. The number of carbonyl (C=O) groups is 1. The maximum absolute atomic E-state index is 10.9. The number of aldehydes is 1. The van der Waals surface area contributed by atoms with E-state index in [2.05, 4.69) is 5.10 Å². The molecule has 0 unspecified atom stereocenters. The third kappa shape index (κ3) is 1.85. The molecule has 0 bridgehead atoms. The van der Waals surface area contributed by atoms with Gasteiger partial charge in [0.15, 0.2) is 6.29 Å². The van der Waals surface area contributed by atoms with Gasteiger partial charge in [0.25, 0.3) is 0 Å². The number of thiophene rings is 1. The molecule has 0 saturated heterocycles. The van der Waals surface area contributed by atoms with Crippen LogP contribution in [0.1, 0.15) is 30.4 Å². The molecule has 2 rings (SSSR count). The van der Waals surface area contributed by atoms with Gasteiger partial charge in [-0.05, 0) is 31.4 Å². The molecule has 2 heterocycles. The van der Waals surface area contributed by atoms with Gasteiger partial charge in [-0.1, -0.05) is 6.07 Å². The number of carbonyl (C=O) groups excluding carboxylic acids is 1. The van der Waals surface area contributed by atoms with Crippen LogP contribution in [0.5, 0.6) is 0 Å². The fourth-order valence-corrected chi connectivity index (χ4v) is 2.14. The van der Waals surface area contributed by atoms with Crippen LogP contribution in [-0.4, -0.2) is 16.1 Å². The molecule has 0 aliphatic rings. The van der Waals surface area contributed by atoms with Crippen molar-refractivity contribution in [2.24, 2.45) is 0 Å². The zero-order valence-corrected chi connectivity index (χ0v) is 9.49. The van der Waals surface area contributed by atoms with Gasteiger partial charge in [0.2, 0.25) is 0 Å². The van der Waals surface area contributed by atoms with E-state index in [9.17, 15) is 4.79 Å². The Kier molecular flexibility index (Phi) is 2.68. The molecule has 2 aromatic rings. The van der Waals surface area contributed by atoms with E-state index in [1.807, 2.05) is 37.4 Å². The van der Waals surface area contributed by atoms with Gasteiger partial charge in [0.05, 0.1) is 4.88 Å². The second kappa shape index (κ2) is 3.98. The van der Waals surface area contributed by atoms with E-state index in [0.29, 0.717) is 5.69 Å². The van der Waals surface area contributed by atoms with Crippen LogP contribution in [0.25, 0.3) is 10.6 Å². The molecule has 2 aromatic heterocycles. The first kappa shape index (κ1) is 10.1. The summed E-state index contributed by atoms with van der Waals surface area (Å²) in [5, 5.41) is 6.42. The molecule has 0 N–H and O–H groups in total. The monoisotopic (exact) mass is 220 g/mol. The van der Waals surface area contributed by atoms with Gasteiger partial charge >= 0.3 is 0 Å². The van der Waals surface area contributed by atoms with Crippen LogP contribution in [0.15, 0.2) is 23.6 Å². The highest BCUT2D eigenvalue weighted by molar-refractivity contribution is 7.13. The molecule has 0 aromatic carbocycles. The van der Waals surface area contributed by atoms with Gasteiger partial charge in [-0.15, -0.1) is 11.3 Å². The summed E-state index contributed by atoms with van der Waals surface area (Å²) in [4.78, 5) is 12.0. The van der Waals surface area contributed by atoms with Gasteiger partial charge in [-0.2, -0.15) is 5.10 Å². The molecule has 0 aliphatic carbocycles. The van der Waals surface area contributed by atoms with Crippen molar-refractivity contribution in [3.05, 3.63) is 29.3 Å².